The molecule has 1 fully saturated rings. The van der Waals surface area contributed by atoms with E-state index in [0.717, 1.165) is 32.1 Å². The summed E-state index contributed by atoms with van der Waals surface area (Å²) in [4.78, 5) is 0. The molecule has 120 valence electrons. The van der Waals surface area contributed by atoms with E-state index in [0.29, 0.717) is 25.4 Å². The van der Waals surface area contributed by atoms with Crippen molar-refractivity contribution in [2.75, 3.05) is 19.6 Å². The van der Waals surface area contributed by atoms with Gasteiger partial charge in [-0.15, -0.1) is 0 Å². The van der Waals surface area contributed by atoms with E-state index in [9.17, 15) is 13.5 Å². The average Bonchev–Trinajstić information content (AvgIpc) is 2.64. The van der Waals surface area contributed by atoms with Crippen LogP contribution in [0.5, 0.6) is 0 Å². The molecule has 6 heteroatoms. The van der Waals surface area contributed by atoms with Gasteiger partial charge in [-0.1, -0.05) is 26.7 Å². The molecule has 0 saturated carbocycles. The van der Waals surface area contributed by atoms with Crippen LogP contribution in [0.2, 0.25) is 0 Å². The van der Waals surface area contributed by atoms with Crippen molar-refractivity contribution in [1.82, 2.24) is 9.03 Å². The van der Waals surface area contributed by atoms with Crippen molar-refractivity contribution < 1.29 is 13.5 Å². The third-order valence-electron chi connectivity index (χ3n) is 3.80. The first-order valence-corrected chi connectivity index (χ1v) is 9.14. The normalized spacial score (nSPS) is 21.6. The fraction of sp³-hybridized carbons (Fsp3) is 1.00. The summed E-state index contributed by atoms with van der Waals surface area (Å²) in [6.07, 6.45) is 5.52. The van der Waals surface area contributed by atoms with E-state index in [4.69, 9.17) is 0 Å². The largest absolute Gasteiger partial charge is 0.389 e. The zero-order valence-electron chi connectivity index (χ0n) is 13.1. The summed E-state index contributed by atoms with van der Waals surface area (Å²) in [6, 6.07) is 0. The van der Waals surface area contributed by atoms with Crippen LogP contribution in [0.15, 0.2) is 0 Å². The van der Waals surface area contributed by atoms with E-state index in [1.54, 1.807) is 6.92 Å². The summed E-state index contributed by atoms with van der Waals surface area (Å²) >= 11 is 0. The Balaban J connectivity index is 2.49. The first-order chi connectivity index (χ1) is 9.23. The summed E-state index contributed by atoms with van der Waals surface area (Å²) in [5, 5.41) is 10.2. The number of aliphatic hydroxyl groups is 1. The van der Waals surface area contributed by atoms with Gasteiger partial charge in [-0.3, -0.25) is 0 Å². The smallest absolute Gasteiger partial charge is 0.279 e. The molecular weight excluding hydrogens is 276 g/mol. The maximum atomic E-state index is 12.2. The molecule has 5 nitrogen and oxygen atoms in total. The fourth-order valence-electron chi connectivity index (χ4n) is 2.31. The lowest BCUT2D eigenvalue weighted by molar-refractivity contribution is 0.0502. The van der Waals surface area contributed by atoms with Gasteiger partial charge in [0.2, 0.25) is 0 Å². The number of rotatable bonds is 7. The molecule has 0 amide bonds. The van der Waals surface area contributed by atoms with Crippen molar-refractivity contribution in [3.8, 4) is 0 Å². The lowest BCUT2D eigenvalue weighted by atomic mass is 9.96. The Hall–Kier alpha value is -0.170. The van der Waals surface area contributed by atoms with Gasteiger partial charge in [0.05, 0.1) is 5.60 Å². The summed E-state index contributed by atoms with van der Waals surface area (Å²) in [5.41, 5.74) is -0.983. The second-order valence-corrected chi connectivity index (χ2v) is 8.32. The van der Waals surface area contributed by atoms with Crippen molar-refractivity contribution in [3.05, 3.63) is 0 Å². The van der Waals surface area contributed by atoms with Gasteiger partial charge in [0.1, 0.15) is 0 Å². The minimum atomic E-state index is -3.46. The maximum absolute atomic E-state index is 12.2. The van der Waals surface area contributed by atoms with E-state index in [1.807, 2.05) is 0 Å². The first kappa shape index (κ1) is 17.9. The van der Waals surface area contributed by atoms with Gasteiger partial charge in [-0.05, 0) is 38.5 Å². The summed E-state index contributed by atoms with van der Waals surface area (Å²) in [6.45, 7) is 7.14. The molecule has 0 aromatic carbocycles. The van der Waals surface area contributed by atoms with Crippen LogP contribution in [0.25, 0.3) is 0 Å². The van der Waals surface area contributed by atoms with Gasteiger partial charge >= 0.3 is 0 Å². The summed E-state index contributed by atoms with van der Waals surface area (Å²) in [7, 11) is -3.46. The van der Waals surface area contributed by atoms with Crippen molar-refractivity contribution in [2.24, 2.45) is 5.92 Å². The van der Waals surface area contributed by atoms with Crippen LogP contribution in [0.4, 0.5) is 0 Å². The second-order valence-electron chi connectivity index (χ2n) is 6.57. The molecule has 1 aliphatic rings. The number of hydrogen-bond acceptors (Lipinski definition) is 3. The molecule has 1 heterocycles. The lowest BCUT2D eigenvalue weighted by Gasteiger charge is -2.27. The predicted molar refractivity (Wildman–Crippen MR) is 81.7 cm³/mol. The molecule has 0 aromatic heterocycles. The predicted octanol–water partition coefficient (Wildman–Crippen LogP) is 1.88. The summed E-state index contributed by atoms with van der Waals surface area (Å²) in [5.74, 6) is 0.503. The Bertz CT molecular complexity index is 372. The fourth-order valence-corrected chi connectivity index (χ4v) is 3.72. The molecule has 1 saturated heterocycles. The zero-order chi connectivity index (χ0) is 15.2. The van der Waals surface area contributed by atoms with Crippen molar-refractivity contribution in [1.29, 1.82) is 0 Å². The molecule has 0 aliphatic carbocycles. The molecule has 20 heavy (non-hydrogen) atoms. The van der Waals surface area contributed by atoms with Crippen molar-refractivity contribution >= 4 is 10.2 Å². The van der Waals surface area contributed by atoms with E-state index < -0.39 is 15.8 Å². The first-order valence-electron chi connectivity index (χ1n) is 7.70. The number of nitrogens with one attached hydrogen (secondary N) is 1. The highest BCUT2D eigenvalue weighted by atomic mass is 32.2. The highest BCUT2D eigenvalue weighted by molar-refractivity contribution is 7.87. The standard InChI is InChI=1S/C14H30N2O3S/c1-13(2)8-9-14(3,17)12-15-20(18,19)16-10-6-4-5-7-11-16/h13,15,17H,4-12H2,1-3H3. The SMILES string of the molecule is CC(C)CCC(C)(O)CNS(=O)(=O)N1CCCCCC1. The molecule has 0 aromatic rings. The van der Waals surface area contributed by atoms with Crippen LogP contribution >= 0.6 is 0 Å². The van der Waals surface area contributed by atoms with E-state index in [-0.39, 0.29) is 6.54 Å². The van der Waals surface area contributed by atoms with Crippen LogP contribution in [-0.4, -0.2) is 43.1 Å². The monoisotopic (exact) mass is 306 g/mol. The Labute approximate surface area is 123 Å². The number of hydrogen-bond donors (Lipinski definition) is 2. The molecule has 0 spiro atoms. The molecular formula is C14H30N2O3S. The van der Waals surface area contributed by atoms with E-state index in [1.165, 1.54) is 4.31 Å². The van der Waals surface area contributed by atoms with Crippen molar-refractivity contribution in [3.63, 3.8) is 0 Å². The molecule has 2 N–H and O–H groups in total. The highest BCUT2D eigenvalue weighted by Gasteiger charge is 2.27. The lowest BCUT2D eigenvalue weighted by Crippen LogP contribution is -2.47. The minimum Gasteiger partial charge on any atom is -0.389 e. The Morgan fingerprint density at radius 2 is 1.75 bits per heavy atom. The highest BCUT2D eigenvalue weighted by Crippen LogP contribution is 2.17. The van der Waals surface area contributed by atoms with Crippen LogP contribution in [0.1, 0.15) is 59.3 Å². The van der Waals surface area contributed by atoms with E-state index >= 15 is 0 Å². The third-order valence-corrected chi connectivity index (χ3v) is 5.35. The van der Waals surface area contributed by atoms with Crippen LogP contribution in [0, 0.1) is 5.92 Å². The molecule has 0 bridgehead atoms. The quantitative estimate of drug-likeness (QED) is 0.754. The second kappa shape index (κ2) is 7.73. The zero-order valence-corrected chi connectivity index (χ0v) is 13.9. The van der Waals surface area contributed by atoms with Crippen molar-refractivity contribution in [2.45, 2.75) is 64.9 Å². The molecule has 1 atom stereocenters. The Morgan fingerprint density at radius 1 is 1.20 bits per heavy atom. The van der Waals surface area contributed by atoms with E-state index in [2.05, 4.69) is 18.6 Å². The third kappa shape index (κ3) is 6.52. The molecule has 1 unspecified atom stereocenters. The van der Waals surface area contributed by atoms with Gasteiger partial charge in [-0.2, -0.15) is 17.4 Å². The van der Waals surface area contributed by atoms with Gasteiger partial charge < -0.3 is 5.11 Å². The van der Waals surface area contributed by atoms with Crippen LogP contribution < -0.4 is 4.72 Å². The Kier molecular flexibility index (Phi) is 6.91. The van der Waals surface area contributed by atoms with Crippen LogP contribution in [0.3, 0.4) is 0 Å². The van der Waals surface area contributed by atoms with Gasteiger partial charge in [0.25, 0.3) is 10.2 Å². The maximum Gasteiger partial charge on any atom is 0.279 e. The van der Waals surface area contributed by atoms with Gasteiger partial charge in [0.15, 0.2) is 0 Å². The van der Waals surface area contributed by atoms with Crippen LogP contribution in [-0.2, 0) is 10.2 Å². The molecule has 1 aliphatic heterocycles. The number of nitrogens with zero attached hydrogens (tertiary/aromatic N) is 1. The molecule has 0 radical (unpaired) electrons. The topological polar surface area (TPSA) is 69.6 Å². The average molecular weight is 306 g/mol. The van der Waals surface area contributed by atoms with Gasteiger partial charge in [-0.25, -0.2) is 0 Å². The molecule has 1 rings (SSSR count). The Morgan fingerprint density at radius 3 is 2.25 bits per heavy atom. The summed E-state index contributed by atoms with van der Waals surface area (Å²) < 4.78 is 28.5. The minimum absolute atomic E-state index is 0.0819. The van der Waals surface area contributed by atoms with Gasteiger partial charge in [0, 0.05) is 19.6 Å².